The van der Waals surface area contributed by atoms with Gasteiger partial charge in [-0.15, -0.1) is 0 Å². The summed E-state index contributed by atoms with van der Waals surface area (Å²) in [5, 5.41) is 13.0. The summed E-state index contributed by atoms with van der Waals surface area (Å²) in [5.41, 5.74) is 1.64. The summed E-state index contributed by atoms with van der Waals surface area (Å²) in [6.07, 6.45) is 0. The van der Waals surface area contributed by atoms with Crippen molar-refractivity contribution in [3.8, 4) is 11.3 Å². The van der Waals surface area contributed by atoms with Crippen LogP contribution < -0.4 is 10.9 Å². The Morgan fingerprint density at radius 3 is 2.62 bits per heavy atom. The highest BCUT2D eigenvalue weighted by molar-refractivity contribution is 6.33. The van der Waals surface area contributed by atoms with Gasteiger partial charge in [0.05, 0.1) is 35.8 Å². The van der Waals surface area contributed by atoms with Crippen LogP contribution in [0.15, 0.2) is 57.8 Å². The molecule has 0 fully saturated rings. The fraction of sp³-hybridized carbons (Fsp3) is 0.217. The Balaban J connectivity index is 1.66. The fourth-order valence-corrected chi connectivity index (χ4v) is 3.72. The molecule has 0 spiro atoms. The van der Waals surface area contributed by atoms with Crippen molar-refractivity contribution in [2.45, 2.75) is 20.0 Å². The molecule has 0 aliphatic heterocycles. The number of ether oxygens (including phenoxy) is 1. The lowest BCUT2D eigenvalue weighted by Gasteiger charge is -2.12. The van der Waals surface area contributed by atoms with Crippen molar-refractivity contribution in [3.05, 3.63) is 80.9 Å². The Kier molecular flexibility index (Phi) is 6.34. The van der Waals surface area contributed by atoms with E-state index in [0.717, 1.165) is 0 Å². The number of benzene rings is 2. The number of nitrogens with one attached hydrogen (secondary N) is 1. The third-order valence-electron chi connectivity index (χ3n) is 5.09. The number of aromatic nitrogens is 3. The van der Waals surface area contributed by atoms with Crippen LogP contribution in [0.5, 0.6) is 0 Å². The minimum absolute atomic E-state index is 0.110. The maximum absolute atomic E-state index is 13.1. The summed E-state index contributed by atoms with van der Waals surface area (Å²) in [4.78, 5) is 25.8. The van der Waals surface area contributed by atoms with Gasteiger partial charge in [-0.2, -0.15) is 5.10 Å². The summed E-state index contributed by atoms with van der Waals surface area (Å²) in [6, 6.07) is 14.3. The molecule has 0 bridgehead atoms. The van der Waals surface area contributed by atoms with E-state index in [1.165, 1.54) is 4.68 Å². The van der Waals surface area contributed by atoms with E-state index >= 15 is 0 Å². The van der Waals surface area contributed by atoms with Crippen molar-refractivity contribution in [2.24, 2.45) is 0 Å². The van der Waals surface area contributed by atoms with Crippen LogP contribution in [0.4, 0.5) is 0 Å². The number of aryl methyl sites for hydroxylation is 1. The van der Waals surface area contributed by atoms with Crippen LogP contribution in [-0.4, -0.2) is 34.6 Å². The Morgan fingerprint density at radius 1 is 1.16 bits per heavy atom. The molecule has 4 aromatic rings. The highest BCUT2D eigenvalue weighted by Gasteiger charge is 2.23. The van der Waals surface area contributed by atoms with Crippen LogP contribution in [0.25, 0.3) is 22.0 Å². The highest BCUT2D eigenvalue weighted by Crippen LogP contribution is 2.31. The van der Waals surface area contributed by atoms with Gasteiger partial charge in [0, 0.05) is 18.1 Å². The summed E-state index contributed by atoms with van der Waals surface area (Å²) < 4.78 is 11.7. The maximum Gasteiger partial charge on any atom is 0.274 e. The number of halogens is 1. The second kappa shape index (κ2) is 9.33. The number of nitrogens with zero attached hydrogens (tertiary/aromatic N) is 3. The number of methoxy groups -OCH3 is 1. The average molecular weight is 453 g/mol. The van der Waals surface area contributed by atoms with Gasteiger partial charge >= 0.3 is 0 Å². The largest absolute Gasteiger partial charge is 0.383 e. The van der Waals surface area contributed by atoms with Crippen LogP contribution in [0.1, 0.15) is 21.8 Å². The molecule has 2 heterocycles. The number of hydrogen-bond donors (Lipinski definition) is 1. The molecule has 1 N–H and O–H groups in total. The van der Waals surface area contributed by atoms with Gasteiger partial charge in [0.25, 0.3) is 11.5 Å². The Bertz CT molecular complexity index is 1350. The molecule has 0 saturated carbocycles. The van der Waals surface area contributed by atoms with E-state index in [1.54, 1.807) is 44.4 Å². The van der Waals surface area contributed by atoms with Gasteiger partial charge in [-0.1, -0.05) is 53.2 Å². The molecule has 4 rings (SSSR count). The monoisotopic (exact) mass is 452 g/mol. The number of hydrogen-bond acceptors (Lipinski definition) is 6. The lowest BCUT2D eigenvalue weighted by Crippen LogP contribution is -2.29. The standard InChI is InChI=1S/C23H21ClN4O4/c1-14-20(21(27-32-14)17-9-5-6-10-18(17)24)22(29)25-13-19-15-7-3-4-8-16(15)23(30)28(26-19)11-12-31-2/h3-10H,11-13H2,1-2H3,(H,25,29). The average Bonchev–Trinajstić information content (AvgIpc) is 3.19. The number of fused-ring (bicyclic) bond motifs is 1. The van der Waals surface area contributed by atoms with Crippen molar-refractivity contribution in [1.82, 2.24) is 20.3 Å². The topological polar surface area (TPSA) is 99.2 Å². The van der Waals surface area contributed by atoms with Crippen molar-refractivity contribution >= 4 is 28.3 Å². The number of carbonyl (C=O) groups excluding carboxylic acids is 1. The van der Waals surface area contributed by atoms with Gasteiger partial charge in [0.1, 0.15) is 17.0 Å². The summed E-state index contributed by atoms with van der Waals surface area (Å²) >= 11 is 6.29. The first kappa shape index (κ1) is 21.7. The van der Waals surface area contributed by atoms with Crippen molar-refractivity contribution in [3.63, 3.8) is 0 Å². The molecule has 0 atom stereocenters. The molecule has 2 aromatic carbocycles. The first-order valence-electron chi connectivity index (χ1n) is 9.98. The molecule has 32 heavy (non-hydrogen) atoms. The van der Waals surface area contributed by atoms with Crippen molar-refractivity contribution in [2.75, 3.05) is 13.7 Å². The van der Waals surface area contributed by atoms with Crippen LogP contribution >= 0.6 is 11.6 Å². The normalized spacial score (nSPS) is 11.1. The molecule has 0 aliphatic carbocycles. The third-order valence-corrected chi connectivity index (χ3v) is 5.42. The first-order valence-corrected chi connectivity index (χ1v) is 10.4. The van der Waals surface area contributed by atoms with Crippen molar-refractivity contribution < 1.29 is 14.1 Å². The summed E-state index contributed by atoms with van der Waals surface area (Å²) in [7, 11) is 1.56. The zero-order chi connectivity index (χ0) is 22.7. The van der Waals surface area contributed by atoms with E-state index in [-0.39, 0.29) is 18.0 Å². The Hall–Kier alpha value is -3.49. The van der Waals surface area contributed by atoms with Gasteiger partial charge in [-0.05, 0) is 19.1 Å². The molecule has 0 saturated heterocycles. The van der Waals surface area contributed by atoms with Gasteiger partial charge in [0.2, 0.25) is 0 Å². The SMILES string of the molecule is COCCn1nc(CNC(=O)c2c(-c3ccccc3Cl)noc2C)c2ccccc2c1=O. The highest BCUT2D eigenvalue weighted by atomic mass is 35.5. The van der Waals surface area contributed by atoms with Crippen molar-refractivity contribution in [1.29, 1.82) is 0 Å². The Morgan fingerprint density at radius 2 is 1.88 bits per heavy atom. The Labute approximate surface area is 188 Å². The second-order valence-electron chi connectivity index (χ2n) is 7.14. The van der Waals surface area contributed by atoms with E-state index < -0.39 is 0 Å². The number of rotatable bonds is 7. The molecule has 1 amide bonds. The number of amides is 1. The van der Waals surface area contributed by atoms with Gasteiger partial charge in [-0.3, -0.25) is 9.59 Å². The predicted octanol–water partition coefficient (Wildman–Crippen LogP) is 3.59. The molecular weight excluding hydrogens is 432 g/mol. The van der Waals surface area contributed by atoms with Gasteiger partial charge in [0.15, 0.2) is 0 Å². The molecule has 0 radical (unpaired) electrons. The zero-order valence-corrected chi connectivity index (χ0v) is 18.3. The van der Waals surface area contributed by atoms with Crippen LogP contribution in [0, 0.1) is 6.92 Å². The van der Waals surface area contributed by atoms with Gasteiger partial charge < -0.3 is 14.6 Å². The quantitative estimate of drug-likeness (QED) is 0.460. The molecule has 164 valence electrons. The predicted molar refractivity (Wildman–Crippen MR) is 121 cm³/mol. The molecule has 0 aliphatic rings. The van der Waals surface area contributed by atoms with E-state index in [9.17, 15) is 9.59 Å². The minimum atomic E-state index is -0.376. The molecule has 9 heteroatoms. The first-order chi connectivity index (χ1) is 15.5. The van der Waals surface area contributed by atoms with E-state index in [0.29, 0.717) is 57.2 Å². The maximum atomic E-state index is 13.1. The second-order valence-corrected chi connectivity index (χ2v) is 7.55. The lowest BCUT2D eigenvalue weighted by atomic mass is 10.1. The van der Waals surface area contributed by atoms with E-state index in [4.69, 9.17) is 20.9 Å². The summed E-state index contributed by atoms with van der Waals surface area (Å²) in [6.45, 7) is 2.43. The van der Waals surface area contributed by atoms with E-state index in [1.807, 2.05) is 18.2 Å². The summed E-state index contributed by atoms with van der Waals surface area (Å²) in [5.74, 6) is -0.000468. The van der Waals surface area contributed by atoms with Gasteiger partial charge in [-0.25, -0.2) is 4.68 Å². The lowest BCUT2D eigenvalue weighted by molar-refractivity contribution is 0.0949. The smallest absolute Gasteiger partial charge is 0.274 e. The molecule has 0 unspecified atom stereocenters. The van der Waals surface area contributed by atoms with Crippen LogP contribution in [-0.2, 0) is 17.8 Å². The zero-order valence-electron chi connectivity index (χ0n) is 17.6. The minimum Gasteiger partial charge on any atom is -0.383 e. The fourth-order valence-electron chi connectivity index (χ4n) is 3.49. The van der Waals surface area contributed by atoms with Crippen LogP contribution in [0.3, 0.4) is 0 Å². The molecule has 2 aromatic heterocycles. The molecular formula is C23H21ClN4O4. The molecule has 8 nitrogen and oxygen atoms in total. The van der Waals surface area contributed by atoms with Crippen LogP contribution in [0.2, 0.25) is 5.02 Å². The number of carbonyl (C=O) groups is 1. The third kappa shape index (κ3) is 4.15. The van der Waals surface area contributed by atoms with E-state index in [2.05, 4.69) is 15.6 Å².